The maximum atomic E-state index is 4.62. The number of benzene rings is 4. The molecule has 1 N–H and O–H groups in total. The average Bonchev–Trinajstić information content (AvgIpc) is 3.70. The number of halogens is 4. The molecule has 8 aromatic rings. The van der Waals surface area contributed by atoms with Gasteiger partial charge in [0.1, 0.15) is 12.9 Å². The van der Waals surface area contributed by atoms with Crippen LogP contribution in [0, 0.1) is 3.70 Å². The second-order valence-corrected chi connectivity index (χ2v) is 21.5. The highest BCUT2D eigenvalue weighted by Gasteiger charge is 2.22. The van der Waals surface area contributed by atoms with Gasteiger partial charge in [0.15, 0.2) is 5.82 Å². The Bertz CT molecular complexity index is 2530. The number of rotatable bonds is 1. The van der Waals surface area contributed by atoms with Crippen molar-refractivity contribution in [3.63, 3.8) is 0 Å². The number of H-pyrrole nitrogens is 1. The molecule has 0 spiro atoms. The molecule has 0 bridgehead atoms. The largest absolute Gasteiger partial charge is 0.355 e. The predicted molar refractivity (Wildman–Crippen MR) is 272 cm³/mol. The van der Waals surface area contributed by atoms with E-state index in [1.807, 2.05) is 12.0 Å². The van der Waals surface area contributed by atoms with E-state index in [1.165, 1.54) is 54.8 Å². The third-order valence-corrected chi connectivity index (χ3v) is 11.6. The van der Waals surface area contributed by atoms with E-state index in [9.17, 15) is 0 Å². The molecule has 6 nitrogen and oxygen atoms in total. The van der Waals surface area contributed by atoms with E-state index in [1.54, 1.807) is 18.6 Å². The fraction of sp³-hybridized carbons (Fsp3) is 0.347. The van der Waals surface area contributed by atoms with Crippen LogP contribution in [0.4, 0.5) is 0 Å². The van der Waals surface area contributed by atoms with Crippen molar-refractivity contribution in [1.82, 2.24) is 29.5 Å². The lowest BCUT2D eigenvalue weighted by Gasteiger charge is -2.19. The molecule has 0 saturated heterocycles. The lowest BCUT2D eigenvalue weighted by atomic mass is 9.85. The minimum Gasteiger partial charge on any atom is -0.355 e. The van der Waals surface area contributed by atoms with Crippen molar-refractivity contribution >= 4 is 114 Å². The number of fused-ring (bicyclic) bond motifs is 6. The molecule has 4 aromatic carbocycles. The summed E-state index contributed by atoms with van der Waals surface area (Å²) in [4.78, 5) is 20.4. The van der Waals surface area contributed by atoms with Gasteiger partial charge in [0.05, 0.1) is 35.8 Å². The summed E-state index contributed by atoms with van der Waals surface area (Å²) in [6, 6.07) is 27.2. The van der Waals surface area contributed by atoms with Crippen LogP contribution in [0.3, 0.4) is 0 Å². The number of aromatic amines is 1. The van der Waals surface area contributed by atoms with Gasteiger partial charge < -0.3 is 4.98 Å². The zero-order valence-corrected chi connectivity index (χ0v) is 43.4. The van der Waals surface area contributed by atoms with Gasteiger partial charge in [-0.15, -0.1) is 0 Å². The van der Waals surface area contributed by atoms with E-state index in [4.69, 9.17) is 0 Å². The number of hydrogen-bond donors (Lipinski definition) is 1. The Morgan fingerprint density at radius 3 is 1.14 bits per heavy atom. The predicted octanol–water partition coefficient (Wildman–Crippen LogP) is 15.7. The van der Waals surface area contributed by atoms with E-state index >= 15 is 0 Å². The number of nitrogens with zero attached hydrogens (tertiary/aromatic N) is 5. The zero-order valence-electron chi connectivity index (χ0n) is 36.5. The van der Waals surface area contributed by atoms with Crippen molar-refractivity contribution in [2.75, 3.05) is 5.83 Å². The van der Waals surface area contributed by atoms with Crippen LogP contribution in [-0.2, 0) is 21.7 Å². The molecule has 8 rings (SSSR count). The van der Waals surface area contributed by atoms with E-state index in [0.717, 1.165) is 29.8 Å². The van der Waals surface area contributed by atoms with Gasteiger partial charge in [-0.25, -0.2) is 19.9 Å². The van der Waals surface area contributed by atoms with E-state index in [0.29, 0.717) is 0 Å². The van der Waals surface area contributed by atoms with Crippen LogP contribution in [0.1, 0.15) is 105 Å². The van der Waals surface area contributed by atoms with Crippen LogP contribution in [0.25, 0.3) is 49.4 Å². The van der Waals surface area contributed by atoms with Gasteiger partial charge in [0.2, 0.25) is 0 Å². The van der Waals surface area contributed by atoms with Crippen LogP contribution in [0.5, 0.6) is 0 Å². The van der Waals surface area contributed by atoms with Crippen molar-refractivity contribution in [2.45, 2.75) is 105 Å². The molecule has 0 radical (unpaired) electrons. The smallest absolute Gasteiger partial charge is 0.156 e. The minimum absolute atomic E-state index is 0.0989. The molecule has 0 fully saturated rings. The molecule has 4 heterocycles. The Hall–Kier alpha value is -3.19. The molecule has 0 unspecified atom stereocenters. The van der Waals surface area contributed by atoms with Crippen LogP contribution in [-0.4, -0.2) is 35.3 Å². The first-order valence-corrected chi connectivity index (χ1v) is 23.9. The summed E-state index contributed by atoms with van der Waals surface area (Å²) in [6.07, 6.45) is 6.94. The first-order chi connectivity index (χ1) is 27.5. The molecular weight excluding hydrogens is 1040 g/mol. The summed E-state index contributed by atoms with van der Waals surface area (Å²) in [7, 11) is 0. The van der Waals surface area contributed by atoms with Gasteiger partial charge in [-0.3, -0.25) is 4.57 Å². The normalized spacial score (nSPS) is 12.2. The van der Waals surface area contributed by atoms with Crippen LogP contribution < -0.4 is 0 Å². The second kappa shape index (κ2) is 18.4. The zero-order chi connectivity index (χ0) is 43.7. The van der Waals surface area contributed by atoms with Crippen LogP contribution in [0.2, 0.25) is 0 Å². The average molecular weight is 1100 g/mol. The van der Waals surface area contributed by atoms with Crippen LogP contribution >= 0.6 is 70.4 Å². The first-order valence-electron chi connectivity index (χ1n) is 19.6. The highest BCUT2D eigenvalue weighted by molar-refractivity contribution is 14.1. The number of alkyl halides is 1. The molecule has 0 aliphatic carbocycles. The van der Waals surface area contributed by atoms with E-state index in [2.05, 4.69) is 256 Å². The quantitative estimate of drug-likeness (QED) is 0.131. The third kappa shape index (κ3) is 11.2. The molecule has 10 heteroatoms. The monoisotopic (exact) mass is 1090 g/mol. The molecule has 0 amide bonds. The van der Waals surface area contributed by atoms with E-state index < -0.39 is 0 Å². The van der Waals surface area contributed by atoms with E-state index in [-0.39, 0.29) is 21.7 Å². The third-order valence-electron chi connectivity index (χ3n) is 10.3. The van der Waals surface area contributed by atoms with Gasteiger partial charge in [0, 0.05) is 32.6 Å². The van der Waals surface area contributed by atoms with Crippen molar-refractivity contribution in [2.24, 2.45) is 0 Å². The molecule has 0 atom stereocenters. The van der Waals surface area contributed by atoms with Crippen molar-refractivity contribution in [3.05, 3.63) is 133 Å². The molecule has 0 saturated carbocycles. The fourth-order valence-electron chi connectivity index (χ4n) is 6.75. The van der Waals surface area contributed by atoms with Crippen molar-refractivity contribution in [3.8, 4) is 5.82 Å². The van der Waals surface area contributed by atoms with Crippen molar-refractivity contribution in [1.29, 1.82) is 0 Å². The Morgan fingerprint density at radius 1 is 0.458 bits per heavy atom. The second-order valence-electron chi connectivity index (χ2n) is 18.8. The molecule has 0 aliphatic rings. The number of aromatic nitrogens is 6. The minimum atomic E-state index is 0.0989. The van der Waals surface area contributed by atoms with Crippen LogP contribution in [0.15, 0.2) is 107 Å². The standard InChI is InChI=1S/C24H26BrN3.C20H25N.C4H2BrIN2.CH3Br/c1-23(2,3)15-7-9-19-17(11-15)18-12-16(24(4,5)6)8-10-20(18)28(19)22-14-26-21(25)13-27-22;1-19(2,3)13-7-9-17-15(11-13)16-12-14(20(4,5)6)8-10-18(16)21-17;5-3-1-8-4(6)2-7-3;1-2/h7-14H,1-6H3;7-12,21H,1-6H3;1-2H;1H3. The van der Waals surface area contributed by atoms with Gasteiger partial charge in [0.25, 0.3) is 0 Å². The maximum Gasteiger partial charge on any atom is 0.156 e. The molecule has 59 heavy (non-hydrogen) atoms. The summed E-state index contributed by atoms with van der Waals surface area (Å²) in [5, 5.41) is 5.20. The Morgan fingerprint density at radius 2 is 0.814 bits per heavy atom. The topological polar surface area (TPSA) is 72.3 Å². The Kier molecular flexibility index (Phi) is 14.6. The Balaban J connectivity index is 0.000000187. The molecule has 0 aliphatic heterocycles. The Labute approximate surface area is 389 Å². The van der Waals surface area contributed by atoms with Gasteiger partial charge in [-0.1, -0.05) is 123 Å². The highest BCUT2D eigenvalue weighted by atomic mass is 127. The fourth-order valence-corrected chi connectivity index (χ4v) is 7.44. The molecular formula is C49H56Br3IN6. The molecule has 310 valence electrons. The lowest BCUT2D eigenvalue weighted by Crippen LogP contribution is -2.10. The summed E-state index contributed by atoms with van der Waals surface area (Å²) in [5.41, 5.74) is 10.8. The summed E-state index contributed by atoms with van der Waals surface area (Å²) in [5.74, 6) is 2.64. The van der Waals surface area contributed by atoms with Crippen molar-refractivity contribution < 1.29 is 0 Å². The SMILES string of the molecule is Brc1cnc(I)cn1.CBr.CC(C)(C)c1ccc2[nH]c3ccc(C(C)(C)C)cc3c2c1.CC(C)(C)c1ccc2c(c1)c1cc(C(C)(C)C)ccc1n2-c1cnc(Br)cn1. The van der Waals surface area contributed by atoms with Gasteiger partial charge in [-0.2, -0.15) is 0 Å². The first kappa shape index (κ1) is 46.9. The molecule has 4 aromatic heterocycles. The maximum absolute atomic E-state index is 4.62. The summed E-state index contributed by atoms with van der Waals surface area (Å²) >= 11 is 11.6. The lowest BCUT2D eigenvalue weighted by molar-refractivity contribution is 0.590. The number of nitrogens with one attached hydrogen (secondary N) is 1. The van der Waals surface area contributed by atoms with Gasteiger partial charge in [-0.05, 0) is 153 Å². The summed E-state index contributed by atoms with van der Waals surface area (Å²) in [6.45, 7) is 27.2. The van der Waals surface area contributed by atoms with Gasteiger partial charge >= 0.3 is 0 Å². The number of hydrogen-bond acceptors (Lipinski definition) is 4. The summed E-state index contributed by atoms with van der Waals surface area (Å²) < 4.78 is 4.63. The highest BCUT2D eigenvalue weighted by Crippen LogP contribution is 2.38.